The summed E-state index contributed by atoms with van der Waals surface area (Å²) in [7, 11) is -4.04. The largest absolute Gasteiger partial charge is 0.777 e. The van der Waals surface area contributed by atoms with Crippen LogP contribution in [0.25, 0.3) is 11.2 Å². The molecule has 0 aliphatic heterocycles. The lowest BCUT2D eigenvalue weighted by Crippen LogP contribution is -2.20. The third-order valence-corrected chi connectivity index (χ3v) is 9.18. The molecule has 0 aliphatic rings. The number of nitrogens with zero attached hydrogens (tertiary/aromatic N) is 4. The number of terminal acetylenes is 1. The number of nitrogens with two attached hydrogens (primary N) is 1. The van der Waals surface area contributed by atoms with Crippen molar-refractivity contribution in [2.75, 3.05) is 30.2 Å². The molecule has 0 radical (unpaired) electrons. The van der Waals surface area contributed by atoms with Gasteiger partial charge in [0, 0.05) is 6.42 Å². The third-order valence-electron chi connectivity index (χ3n) is 6.98. The fraction of sp³-hybridized carbons (Fsp3) is 0.767. The first kappa shape index (κ1) is 35.6. The van der Waals surface area contributed by atoms with E-state index in [9.17, 15) is 9.46 Å². The highest BCUT2D eigenvalue weighted by molar-refractivity contribution is 7.99. The molecule has 11 heteroatoms. The van der Waals surface area contributed by atoms with Gasteiger partial charge in [-0.3, -0.25) is 0 Å². The first-order chi connectivity index (χ1) is 19.9. The second kappa shape index (κ2) is 22.0. The predicted octanol–water partition coefficient (Wildman–Crippen LogP) is 6.95. The minimum Gasteiger partial charge on any atom is -0.777 e. The van der Waals surface area contributed by atoms with E-state index in [1.54, 1.807) is 17.8 Å². The molecule has 2 atom stereocenters. The molecule has 232 valence electrons. The first-order valence-electron chi connectivity index (χ1n) is 15.4. The number of aromatic nitrogens is 4. The molecule has 2 aromatic heterocycles. The topological polar surface area (TPSA) is 128 Å². The Labute approximate surface area is 251 Å². The quantitative estimate of drug-likeness (QED) is 0.0685. The number of hydrogen-bond acceptors (Lipinski definition) is 9. The average molecular weight is 609 g/mol. The van der Waals surface area contributed by atoms with Gasteiger partial charge in [0.15, 0.2) is 19.1 Å². The zero-order chi connectivity index (χ0) is 29.6. The van der Waals surface area contributed by atoms with Crippen LogP contribution in [0.2, 0.25) is 0 Å². The van der Waals surface area contributed by atoms with Crippen molar-refractivity contribution in [1.82, 2.24) is 19.5 Å². The Kier molecular flexibility index (Phi) is 19.1. The van der Waals surface area contributed by atoms with Gasteiger partial charge >= 0.3 is 0 Å². The predicted molar refractivity (Wildman–Crippen MR) is 169 cm³/mol. The van der Waals surface area contributed by atoms with Gasteiger partial charge < -0.3 is 29.0 Å². The first-order valence-corrected chi connectivity index (χ1v) is 18.3. The van der Waals surface area contributed by atoms with E-state index in [0.717, 1.165) is 17.9 Å². The molecular weight excluding hydrogens is 557 g/mol. The van der Waals surface area contributed by atoms with Gasteiger partial charge in [-0.2, -0.15) is 11.8 Å². The number of fused-ring (bicyclic) bond motifs is 1. The van der Waals surface area contributed by atoms with E-state index in [-0.39, 0.29) is 12.7 Å². The number of hydrogen-bond donors (Lipinski definition) is 1. The Bertz CT molecular complexity index is 1050. The standard InChI is InChI=1S/C30H52N5O4PS/c1-3-4-5-6-7-8-9-10-11-12-13-14-15-16-17-18-21-41-22-19-20-39-40(36,37)26-38-27(2)23-35-25-34-28-29(31)32-24-33-30(28)35/h1,24-25,27H,4-23,26H2,2H3,(H,36,37)(H2,31,32,33)/p-1/t27-/m1/s1. The smallest absolute Gasteiger partial charge is 0.165 e. The minimum absolute atomic E-state index is 0.195. The molecular formula is C30H51N5O4PS-. The van der Waals surface area contributed by atoms with Gasteiger partial charge in [-0.1, -0.05) is 77.0 Å². The summed E-state index contributed by atoms with van der Waals surface area (Å²) in [5.74, 6) is 5.05. The number of ether oxygens (including phenoxy) is 1. The van der Waals surface area contributed by atoms with Crippen LogP contribution in [0.1, 0.15) is 110 Å². The lowest BCUT2D eigenvalue weighted by Gasteiger charge is -2.25. The second-order valence-corrected chi connectivity index (χ2v) is 13.7. The summed E-state index contributed by atoms with van der Waals surface area (Å²) in [6.45, 7) is 2.38. The number of nitrogen functional groups attached to an aromatic ring is 1. The van der Waals surface area contributed by atoms with Crippen molar-refractivity contribution < 1.29 is 18.7 Å². The van der Waals surface area contributed by atoms with E-state index in [4.69, 9.17) is 21.4 Å². The molecule has 1 unspecified atom stereocenters. The average Bonchev–Trinajstić information content (AvgIpc) is 3.36. The molecule has 0 saturated heterocycles. The van der Waals surface area contributed by atoms with Crippen LogP contribution in [-0.2, 0) is 20.4 Å². The summed E-state index contributed by atoms with van der Waals surface area (Å²) >= 11 is 1.87. The molecule has 0 amide bonds. The zero-order valence-corrected chi connectivity index (χ0v) is 26.7. The van der Waals surface area contributed by atoms with Gasteiger partial charge in [-0.05, 0) is 37.7 Å². The highest BCUT2D eigenvalue weighted by Crippen LogP contribution is 2.37. The molecule has 0 fully saturated rings. The van der Waals surface area contributed by atoms with Gasteiger partial charge in [-0.15, -0.1) is 12.3 Å². The van der Waals surface area contributed by atoms with Crippen molar-refractivity contribution in [3.63, 3.8) is 0 Å². The Hall–Kier alpha value is -1.63. The highest BCUT2D eigenvalue weighted by atomic mass is 32.2. The van der Waals surface area contributed by atoms with Crippen molar-refractivity contribution in [3.05, 3.63) is 12.7 Å². The number of imidazole rings is 1. The maximum atomic E-state index is 12.2. The molecule has 2 N–H and O–H groups in total. The molecule has 0 aromatic carbocycles. The van der Waals surface area contributed by atoms with Crippen molar-refractivity contribution in [2.45, 2.75) is 122 Å². The summed E-state index contributed by atoms with van der Waals surface area (Å²) < 4.78 is 24.6. The SMILES string of the molecule is C#CCCCCCCCCCCCCCCCCSCCCOP(=O)([O-])CO[C@H](C)Cn1cnc2c(N)ncnc21. The number of thioether (sulfide) groups is 1. The molecule has 2 heterocycles. The summed E-state index contributed by atoms with van der Waals surface area (Å²) in [4.78, 5) is 24.5. The summed E-state index contributed by atoms with van der Waals surface area (Å²) in [5.41, 5.74) is 6.91. The molecule has 41 heavy (non-hydrogen) atoms. The lowest BCUT2D eigenvalue weighted by molar-refractivity contribution is -0.205. The number of unbranched alkanes of at least 4 members (excludes halogenated alkanes) is 14. The van der Waals surface area contributed by atoms with Crippen LogP contribution >= 0.6 is 19.4 Å². The molecule has 9 nitrogen and oxygen atoms in total. The van der Waals surface area contributed by atoms with Crippen LogP contribution in [0.3, 0.4) is 0 Å². The molecule has 0 aliphatic carbocycles. The van der Waals surface area contributed by atoms with Crippen molar-refractivity contribution in [1.29, 1.82) is 0 Å². The van der Waals surface area contributed by atoms with Gasteiger partial charge in [-0.25, -0.2) is 15.0 Å². The van der Waals surface area contributed by atoms with Gasteiger partial charge in [0.05, 0.1) is 25.6 Å². The van der Waals surface area contributed by atoms with Gasteiger partial charge in [0.2, 0.25) is 0 Å². The van der Waals surface area contributed by atoms with Crippen LogP contribution in [0.15, 0.2) is 12.7 Å². The molecule has 0 saturated carbocycles. The highest BCUT2D eigenvalue weighted by Gasteiger charge is 2.14. The molecule has 2 aromatic rings. The monoisotopic (exact) mass is 608 g/mol. The Morgan fingerprint density at radius 3 is 2.17 bits per heavy atom. The van der Waals surface area contributed by atoms with E-state index >= 15 is 0 Å². The van der Waals surface area contributed by atoms with Crippen molar-refractivity contribution in [2.24, 2.45) is 0 Å². The van der Waals surface area contributed by atoms with Crippen LogP contribution in [0.5, 0.6) is 0 Å². The fourth-order valence-corrected chi connectivity index (χ4v) is 6.49. The van der Waals surface area contributed by atoms with Crippen LogP contribution < -0.4 is 10.6 Å². The third kappa shape index (κ3) is 16.6. The Morgan fingerprint density at radius 2 is 1.54 bits per heavy atom. The van der Waals surface area contributed by atoms with Crippen LogP contribution in [0.4, 0.5) is 5.82 Å². The maximum Gasteiger partial charge on any atom is 0.165 e. The maximum absolute atomic E-state index is 12.2. The summed E-state index contributed by atoms with van der Waals surface area (Å²) in [6, 6.07) is 0. The Balaban J connectivity index is 1.35. The minimum atomic E-state index is -4.04. The van der Waals surface area contributed by atoms with Crippen molar-refractivity contribution >= 4 is 36.3 Å². The number of rotatable bonds is 26. The van der Waals surface area contributed by atoms with Gasteiger partial charge in [0.1, 0.15) is 18.2 Å². The zero-order valence-electron chi connectivity index (χ0n) is 25.0. The van der Waals surface area contributed by atoms with E-state index in [2.05, 4.69) is 20.9 Å². The van der Waals surface area contributed by atoms with E-state index in [1.807, 2.05) is 11.8 Å². The van der Waals surface area contributed by atoms with Crippen LogP contribution in [-0.4, -0.2) is 50.1 Å². The lowest BCUT2D eigenvalue weighted by atomic mass is 10.0. The van der Waals surface area contributed by atoms with E-state index in [1.165, 1.54) is 96.2 Å². The van der Waals surface area contributed by atoms with E-state index in [0.29, 0.717) is 29.9 Å². The molecule has 0 spiro atoms. The van der Waals surface area contributed by atoms with Crippen molar-refractivity contribution in [3.8, 4) is 12.3 Å². The second-order valence-electron chi connectivity index (χ2n) is 10.7. The Morgan fingerprint density at radius 1 is 0.951 bits per heavy atom. The number of anilines is 1. The summed E-state index contributed by atoms with van der Waals surface area (Å²) in [6.07, 6.45) is 27.7. The molecule has 0 bridgehead atoms. The fourth-order valence-electron chi connectivity index (χ4n) is 4.64. The normalized spacial score (nSPS) is 13.8. The van der Waals surface area contributed by atoms with E-state index < -0.39 is 13.9 Å². The molecule has 2 rings (SSSR count). The van der Waals surface area contributed by atoms with Crippen LogP contribution in [0, 0.1) is 12.3 Å². The summed E-state index contributed by atoms with van der Waals surface area (Å²) in [5, 5.41) is 0. The van der Waals surface area contributed by atoms with Gasteiger partial charge in [0.25, 0.3) is 0 Å².